The van der Waals surface area contributed by atoms with Gasteiger partial charge in [-0.2, -0.15) is 0 Å². The van der Waals surface area contributed by atoms with E-state index in [0.717, 1.165) is 11.6 Å². The molecule has 0 saturated carbocycles. The number of benzene rings is 1. The molecule has 1 aromatic carbocycles. The van der Waals surface area contributed by atoms with E-state index in [9.17, 15) is 19.2 Å². The molecule has 0 amide bonds. The van der Waals surface area contributed by atoms with E-state index in [1.165, 1.54) is 10.6 Å². The number of esters is 3. The zero-order chi connectivity index (χ0) is 26.8. The Labute approximate surface area is 214 Å². The molecule has 0 saturated heterocycles. The van der Waals surface area contributed by atoms with Crippen LogP contribution in [0.4, 0.5) is 5.82 Å². The first-order valence-electron chi connectivity index (χ1n) is 11.9. The van der Waals surface area contributed by atoms with Crippen molar-refractivity contribution in [3.63, 3.8) is 0 Å². The summed E-state index contributed by atoms with van der Waals surface area (Å²) in [5, 5.41) is 0. The molecule has 0 aliphatic carbocycles. The van der Waals surface area contributed by atoms with Crippen LogP contribution in [0.5, 0.6) is 0 Å². The first-order valence-corrected chi connectivity index (χ1v) is 11.9. The fourth-order valence-corrected chi connectivity index (χ4v) is 3.59. The van der Waals surface area contributed by atoms with Crippen LogP contribution in [0, 0.1) is 0 Å². The van der Waals surface area contributed by atoms with Crippen molar-refractivity contribution in [3.05, 3.63) is 81.8 Å². The van der Waals surface area contributed by atoms with Crippen molar-refractivity contribution in [1.29, 1.82) is 0 Å². The molecular weight excluding hydrogens is 478 g/mol. The highest BCUT2D eigenvalue weighted by molar-refractivity contribution is 6.18. The Kier molecular flexibility index (Phi) is 9.54. The molecule has 2 aromatic heterocycles. The Morgan fingerprint density at radius 3 is 2.14 bits per heavy atom. The summed E-state index contributed by atoms with van der Waals surface area (Å²) >= 11 is 0. The van der Waals surface area contributed by atoms with Gasteiger partial charge in [0.15, 0.2) is 0 Å². The Morgan fingerprint density at radius 2 is 1.51 bits per heavy atom. The van der Waals surface area contributed by atoms with Crippen LogP contribution in [0.2, 0.25) is 0 Å². The number of aromatic nitrogens is 2. The van der Waals surface area contributed by atoms with Crippen LogP contribution >= 0.6 is 0 Å². The van der Waals surface area contributed by atoms with Crippen LogP contribution in [0.3, 0.4) is 0 Å². The van der Waals surface area contributed by atoms with E-state index in [0.29, 0.717) is 5.65 Å². The molecule has 0 atom stereocenters. The molecule has 194 valence electrons. The summed E-state index contributed by atoms with van der Waals surface area (Å²) in [6.07, 6.45) is 2.64. The van der Waals surface area contributed by atoms with E-state index in [1.54, 1.807) is 43.9 Å². The van der Waals surface area contributed by atoms with Gasteiger partial charge in [-0.05, 0) is 44.5 Å². The van der Waals surface area contributed by atoms with Crippen molar-refractivity contribution in [2.24, 2.45) is 0 Å². The first-order chi connectivity index (χ1) is 17.9. The van der Waals surface area contributed by atoms with Crippen molar-refractivity contribution in [1.82, 2.24) is 9.38 Å². The van der Waals surface area contributed by atoms with E-state index in [-0.39, 0.29) is 44.3 Å². The quantitative estimate of drug-likeness (QED) is 0.127. The lowest BCUT2D eigenvalue weighted by Crippen LogP contribution is -2.34. The highest BCUT2D eigenvalue weighted by atomic mass is 16.6. The van der Waals surface area contributed by atoms with Crippen molar-refractivity contribution in [3.8, 4) is 0 Å². The van der Waals surface area contributed by atoms with Gasteiger partial charge >= 0.3 is 17.9 Å². The SMILES string of the molecule is CCOC(=O)CN(Cc1ccccc1)c1nc2ccccn2c(=O)c1C=C(C(=O)OCC)C(=O)OCC. The second-order valence-corrected chi connectivity index (χ2v) is 7.73. The summed E-state index contributed by atoms with van der Waals surface area (Å²) in [5.74, 6) is -2.31. The standard InChI is InChI=1S/C27H29N3O7/c1-4-35-23(31)18-29(17-19-12-8-7-9-13-19)24-20(25(32)30-15-11-10-14-22(30)28-24)16-21(26(33)36-5-2)27(34)37-6-3/h7-16H,4-6,17-18H2,1-3H3. The average molecular weight is 508 g/mol. The first kappa shape index (κ1) is 27.1. The van der Waals surface area contributed by atoms with Gasteiger partial charge < -0.3 is 19.1 Å². The lowest BCUT2D eigenvalue weighted by molar-refractivity contribution is -0.146. The molecule has 3 rings (SSSR count). The Balaban J connectivity index is 2.28. The monoisotopic (exact) mass is 507 g/mol. The van der Waals surface area contributed by atoms with Crippen LogP contribution in [0.25, 0.3) is 11.7 Å². The van der Waals surface area contributed by atoms with Gasteiger partial charge in [0.25, 0.3) is 5.56 Å². The molecule has 0 radical (unpaired) electrons. The number of anilines is 1. The maximum atomic E-state index is 13.6. The fraction of sp³-hybridized carbons (Fsp3) is 0.296. The predicted molar refractivity (Wildman–Crippen MR) is 137 cm³/mol. The summed E-state index contributed by atoms with van der Waals surface area (Å²) in [7, 11) is 0. The van der Waals surface area contributed by atoms with Gasteiger partial charge in [-0.3, -0.25) is 14.0 Å². The number of hydrogen-bond acceptors (Lipinski definition) is 9. The van der Waals surface area contributed by atoms with Crippen LogP contribution in [0.1, 0.15) is 31.9 Å². The summed E-state index contributed by atoms with van der Waals surface area (Å²) in [5.41, 5.74) is 0.0624. The molecule has 0 fully saturated rings. The maximum Gasteiger partial charge on any atom is 0.345 e. The van der Waals surface area contributed by atoms with Gasteiger partial charge in [0.2, 0.25) is 0 Å². The Morgan fingerprint density at radius 1 is 0.892 bits per heavy atom. The number of hydrogen-bond donors (Lipinski definition) is 0. The summed E-state index contributed by atoms with van der Waals surface area (Å²) < 4.78 is 16.5. The highest BCUT2D eigenvalue weighted by Crippen LogP contribution is 2.22. The molecule has 10 heteroatoms. The van der Waals surface area contributed by atoms with Crippen molar-refractivity contribution in [2.45, 2.75) is 27.3 Å². The van der Waals surface area contributed by atoms with E-state index in [2.05, 4.69) is 4.98 Å². The molecule has 2 heterocycles. The Hall–Kier alpha value is -4.47. The Bertz CT molecular complexity index is 1330. The number of nitrogens with zero attached hydrogens (tertiary/aromatic N) is 3. The predicted octanol–water partition coefficient (Wildman–Crippen LogP) is 2.77. The van der Waals surface area contributed by atoms with Crippen LogP contribution in [0.15, 0.2) is 65.1 Å². The normalized spacial score (nSPS) is 10.5. The molecule has 0 N–H and O–H groups in total. The minimum atomic E-state index is -0.940. The zero-order valence-electron chi connectivity index (χ0n) is 21.0. The number of ether oxygens (including phenoxy) is 3. The minimum Gasteiger partial charge on any atom is -0.465 e. The van der Waals surface area contributed by atoms with Gasteiger partial charge in [-0.1, -0.05) is 36.4 Å². The number of fused-ring (bicyclic) bond motifs is 1. The highest BCUT2D eigenvalue weighted by Gasteiger charge is 2.26. The molecule has 0 unspecified atom stereocenters. The smallest absolute Gasteiger partial charge is 0.345 e. The summed E-state index contributed by atoms with van der Waals surface area (Å²) in [6, 6.07) is 14.3. The van der Waals surface area contributed by atoms with Gasteiger partial charge in [0.05, 0.1) is 25.4 Å². The molecule has 0 spiro atoms. The summed E-state index contributed by atoms with van der Waals surface area (Å²) in [4.78, 5) is 57.7. The van der Waals surface area contributed by atoms with Crippen molar-refractivity contribution >= 4 is 35.4 Å². The van der Waals surface area contributed by atoms with E-state index >= 15 is 0 Å². The fourth-order valence-electron chi connectivity index (χ4n) is 3.59. The lowest BCUT2D eigenvalue weighted by atomic mass is 10.1. The van der Waals surface area contributed by atoms with Crippen LogP contribution < -0.4 is 10.5 Å². The molecule has 0 aliphatic heterocycles. The lowest BCUT2D eigenvalue weighted by Gasteiger charge is -2.25. The van der Waals surface area contributed by atoms with E-state index in [1.807, 2.05) is 30.3 Å². The zero-order valence-corrected chi connectivity index (χ0v) is 21.0. The van der Waals surface area contributed by atoms with Gasteiger partial charge in [-0.25, -0.2) is 14.6 Å². The minimum absolute atomic E-state index is 0.0143. The van der Waals surface area contributed by atoms with Gasteiger partial charge in [0.1, 0.15) is 23.6 Å². The van der Waals surface area contributed by atoms with Crippen molar-refractivity contribution < 1.29 is 28.6 Å². The molecule has 3 aromatic rings. The number of carbonyl (C=O) groups is 3. The van der Waals surface area contributed by atoms with Gasteiger partial charge in [0, 0.05) is 12.7 Å². The van der Waals surface area contributed by atoms with Crippen molar-refractivity contribution in [2.75, 3.05) is 31.3 Å². The molecular formula is C27H29N3O7. The molecule has 0 aliphatic rings. The van der Waals surface area contributed by atoms with Gasteiger partial charge in [-0.15, -0.1) is 0 Å². The van der Waals surface area contributed by atoms with Crippen LogP contribution in [-0.2, 0) is 35.1 Å². The largest absolute Gasteiger partial charge is 0.465 e. The molecule has 10 nitrogen and oxygen atoms in total. The third-order valence-corrected chi connectivity index (χ3v) is 5.17. The number of rotatable bonds is 11. The van der Waals surface area contributed by atoms with Crippen LogP contribution in [-0.4, -0.2) is 53.7 Å². The number of pyridine rings is 1. The second-order valence-electron chi connectivity index (χ2n) is 7.73. The van der Waals surface area contributed by atoms with E-state index < -0.39 is 29.0 Å². The number of carbonyl (C=O) groups excluding carboxylic acids is 3. The molecule has 37 heavy (non-hydrogen) atoms. The third-order valence-electron chi connectivity index (χ3n) is 5.17. The topological polar surface area (TPSA) is 117 Å². The third kappa shape index (κ3) is 6.81. The molecule has 0 bridgehead atoms. The summed E-state index contributed by atoms with van der Waals surface area (Å²) in [6.45, 7) is 5.06. The second kappa shape index (κ2) is 13.0. The van der Waals surface area contributed by atoms with E-state index in [4.69, 9.17) is 14.2 Å². The maximum absolute atomic E-state index is 13.6. The average Bonchev–Trinajstić information content (AvgIpc) is 2.88.